The summed E-state index contributed by atoms with van der Waals surface area (Å²) in [5.41, 5.74) is 0.694. The number of carbonyl (C=O) groups excluding carboxylic acids is 1. The first-order chi connectivity index (χ1) is 17.8. The van der Waals surface area contributed by atoms with Crippen LogP contribution in [0.5, 0.6) is 0 Å². The van der Waals surface area contributed by atoms with Gasteiger partial charge in [0.1, 0.15) is 17.4 Å². The van der Waals surface area contributed by atoms with Crippen LogP contribution in [0.4, 0.5) is 8.78 Å². The topological polar surface area (TPSA) is 64.3 Å². The van der Waals surface area contributed by atoms with Crippen LogP contribution >= 0.6 is 0 Å². The predicted molar refractivity (Wildman–Crippen MR) is 144 cm³/mol. The molecule has 4 rings (SSSR count). The highest BCUT2D eigenvalue weighted by Crippen LogP contribution is 2.49. The number of benzene rings is 2. The van der Waals surface area contributed by atoms with Gasteiger partial charge in [0.05, 0.1) is 17.2 Å². The lowest BCUT2D eigenvalue weighted by molar-refractivity contribution is -0.124. The normalized spacial score (nSPS) is 30.2. The number of ketones is 1. The summed E-state index contributed by atoms with van der Waals surface area (Å²) in [7, 11) is 0. The molecule has 38 heavy (non-hydrogen) atoms. The highest BCUT2D eigenvalue weighted by atomic mass is 19.1. The summed E-state index contributed by atoms with van der Waals surface area (Å²) < 4.78 is 28.4. The van der Waals surface area contributed by atoms with Crippen molar-refractivity contribution in [2.45, 2.75) is 77.4 Å². The highest BCUT2D eigenvalue weighted by molar-refractivity contribution is 5.82. The third-order valence-corrected chi connectivity index (χ3v) is 9.20. The summed E-state index contributed by atoms with van der Waals surface area (Å²) >= 11 is 0. The monoisotopic (exact) mass is 522 g/mol. The molecule has 1 aliphatic carbocycles. The molecule has 2 fully saturated rings. The first-order valence-corrected chi connectivity index (χ1v) is 13.8. The Kier molecular flexibility index (Phi) is 8.12. The molecule has 1 aliphatic heterocycles. The number of likely N-dealkylation sites (tertiary alicyclic amines) is 1. The van der Waals surface area contributed by atoms with Crippen LogP contribution in [0.1, 0.15) is 82.9 Å². The third-order valence-electron chi connectivity index (χ3n) is 9.20. The Morgan fingerprint density at radius 1 is 1.08 bits per heavy atom. The van der Waals surface area contributed by atoms with Gasteiger partial charge in [0.15, 0.2) is 0 Å². The van der Waals surface area contributed by atoms with Gasteiger partial charge in [-0.05, 0) is 87.1 Å². The molecule has 0 radical (unpaired) electrons. The van der Waals surface area contributed by atoms with Gasteiger partial charge >= 0.3 is 0 Å². The summed E-state index contributed by atoms with van der Waals surface area (Å²) in [4.78, 5) is 15.8. The van der Waals surface area contributed by atoms with E-state index < -0.39 is 17.2 Å². The van der Waals surface area contributed by atoms with E-state index in [2.05, 4.69) is 45.6 Å². The standard InChI is InChI=1S/C32H40F2N2O2/c1-20-14-23(15-21(2)32(20,38)24-9-6-22(17-35)7-10-24)8-13-30(37)28-19-36(31(3,4)5)18-27(28)26-12-11-25(33)16-29(26)34/h6-7,9-12,16,20-21,23,27-28,38H,8,13-15,18-19H2,1-5H3/t20-,21+,23?,27-,28?,32?/m0/s1. The molecule has 0 aromatic heterocycles. The number of hydrogen-bond donors (Lipinski definition) is 1. The molecule has 204 valence electrons. The number of carbonyl (C=O) groups is 1. The first kappa shape index (κ1) is 28.4. The molecule has 1 N–H and O–H groups in total. The van der Waals surface area contributed by atoms with Crippen molar-refractivity contribution in [1.82, 2.24) is 4.90 Å². The lowest BCUT2D eigenvalue weighted by Crippen LogP contribution is -2.45. The van der Waals surface area contributed by atoms with Crippen LogP contribution in [0, 0.1) is 46.6 Å². The lowest BCUT2D eigenvalue weighted by atomic mass is 9.62. The van der Waals surface area contributed by atoms with Crippen molar-refractivity contribution < 1.29 is 18.7 Å². The Morgan fingerprint density at radius 2 is 1.71 bits per heavy atom. The van der Waals surface area contributed by atoms with Crippen molar-refractivity contribution in [3.05, 3.63) is 70.8 Å². The number of aliphatic hydroxyl groups is 1. The average Bonchev–Trinajstić information content (AvgIpc) is 3.32. The first-order valence-electron chi connectivity index (χ1n) is 13.8. The van der Waals surface area contributed by atoms with Crippen molar-refractivity contribution in [3.8, 4) is 6.07 Å². The Balaban J connectivity index is 1.45. The molecule has 2 aliphatic rings. The van der Waals surface area contributed by atoms with Crippen molar-refractivity contribution in [2.24, 2.45) is 23.7 Å². The van der Waals surface area contributed by atoms with E-state index in [1.807, 2.05) is 12.1 Å². The number of hydrogen-bond acceptors (Lipinski definition) is 4. The number of Topliss-reactive ketones (excluding diaryl/α,β-unsaturated/α-hetero) is 1. The maximum atomic E-state index is 14.8. The highest BCUT2D eigenvalue weighted by Gasteiger charge is 2.47. The van der Waals surface area contributed by atoms with Gasteiger partial charge in [0.2, 0.25) is 0 Å². The molecule has 2 aromatic rings. The fraction of sp³-hybridized carbons (Fsp3) is 0.562. The van der Waals surface area contributed by atoms with Gasteiger partial charge in [-0.25, -0.2) is 8.78 Å². The Labute approximate surface area is 225 Å². The average molecular weight is 523 g/mol. The third kappa shape index (κ3) is 5.55. The smallest absolute Gasteiger partial charge is 0.137 e. The second-order valence-corrected chi connectivity index (χ2v) is 12.6. The summed E-state index contributed by atoms with van der Waals surface area (Å²) in [5.74, 6) is -1.37. The molecule has 0 amide bonds. The predicted octanol–water partition coefficient (Wildman–Crippen LogP) is 6.57. The van der Waals surface area contributed by atoms with Crippen LogP contribution in [0.2, 0.25) is 0 Å². The van der Waals surface area contributed by atoms with Crippen molar-refractivity contribution >= 4 is 5.78 Å². The maximum absolute atomic E-state index is 14.8. The van der Waals surface area contributed by atoms with Crippen molar-refractivity contribution in [1.29, 1.82) is 5.26 Å². The van der Waals surface area contributed by atoms with E-state index in [1.165, 1.54) is 12.1 Å². The number of nitriles is 1. The van der Waals surface area contributed by atoms with E-state index in [0.29, 0.717) is 36.6 Å². The van der Waals surface area contributed by atoms with E-state index in [1.54, 1.807) is 12.1 Å². The molecular weight excluding hydrogens is 482 g/mol. The largest absolute Gasteiger partial charge is 0.385 e. The van der Waals surface area contributed by atoms with E-state index in [0.717, 1.165) is 30.9 Å². The van der Waals surface area contributed by atoms with E-state index in [4.69, 9.17) is 5.26 Å². The van der Waals surface area contributed by atoms with Gasteiger partial charge in [0.25, 0.3) is 0 Å². The second-order valence-electron chi connectivity index (χ2n) is 12.6. The fourth-order valence-corrected chi connectivity index (χ4v) is 6.88. The summed E-state index contributed by atoms with van der Waals surface area (Å²) in [6.07, 6.45) is 2.77. The molecule has 4 nitrogen and oxygen atoms in total. The van der Waals surface area contributed by atoms with Crippen LogP contribution in [-0.4, -0.2) is 34.4 Å². The van der Waals surface area contributed by atoms with Crippen LogP contribution < -0.4 is 0 Å². The Morgan fingerprint density at radius 3 is 2.26 bits per heavy atom. The van der Waals surface area contributed by atoms with Gasteiger partial charge < -0.3 is 5.11 Å². The minimum atomic E-state index is -0.974. The second kappa shape index (κ2) is 10.9. The zero-order valence-electron chi connectivity index (χ0n) is 23.2. The van der Waals surface area contributed by atoms with Crippen molar-refractivity contribution in [3.63, 3.8) is 0 Å². The SMILES string of the molecule is C[C@@H]1CC(CCC(=O)C2CN(C(C)(C)C)C[C@H]2c2ccc(F)cc2F)C[C@H](C)C1(O)c1ccc(C#N)cc1. The Hall–Kier alpha value is -2.62. The fourth-order valence-electron chi connectivity index (χ4n) is 6.88. The van der Waals surface area contributed by atoms with Crippen LogP contribution in [0.3, 0.4) is 0 Å². The maximum Gasteiger partial charge on any atom is 0.137 e. The van der Waals surface area contributed by atoms with Crippen LogP contribution in [-0.2, 0) is 10.4 Å². The summed E-state index contributed by atoms with van der Waals surface area (Å²) in [6.45, 7) is 11.5. The van der Waals surface area contributed by atoms with Gasteiger partial charge in [-0.15, -0.1) is 0 Å². The molecule has 1 saturated heterocycles. The quantitative estimate of drug-likeness (QED) is 0.466. The van der Waals surface area contributed by atoms with Gasteiger partial charge in [-0.3, -0.25) is 9.69 Å². The zero-order chi connectivity index (χ0) is 27.8. The minimum absolute atomic E-state index is 0.00297. The number of nitrogens with zero attached hydrogens (tertiary/aromatic N) is 2. The van der Waals surface area contributed by atoms with E-state index in [-0.39, 0.29) is 35.0 Å². The number of rotatable bonds is 6. The van der Waals surface area contributed by atoms with E-state index >= 15 is 0 Å². The van der Waals surface area contributed by atoms with Crippen molar-refractivity contribution in [2.75, 3.05) is 13.1 Å². The number of halogens is 2. The molecular formula is C32H40F2N2O2. The van der Waals surface area contributed by atoms with Gasteiger partial charge in [0, 0.05) is 43.0 Å². The molecule has 0 bridgehead atoms. The zero-order valence-corrected chi connectivity index (χ0v) is 23.2. The summed E-state index contributed by atoms with van der Waals surface area (Å²) in [6, 6.07) is 13.0. The molecule has 0 spiro atoms. The minimum Gasteiger partial charge on any atom is -0.385 e. The van der Waals surface area contributed by atoms with E-state index in [9.17, 15) is 18.7 Å². The molecule has 6 atom stereocenters. The van der Waals surface area contributed by atoms with Gasteiger partial charge in [-0.1, -0.05) is 32.0 Å². The summed E-state index contributed by atoms with van der Waals surface area (Å²) in [5, 5.41) is 20.8. The molecule has 3 unspecified atom stereocenters. The molecule has 6 heteroatoms. The Bertz CT molecular complexity index is 1190. The molecule has 2 aromatic carbocycles. The molecule has 1 heterocycles. The van der Waals surface area contributed by atoms with Gasteiger partial charge in [-0.2, -0.15) is 5.26 Å². The van der Waals surface area contributed by atoms with Crippen LogP contribution in [0.25, 0.3) is 0 Å². The lowest BCUT2D eigenvalue weighted by Gasteiger charge is -2.47. The van der Waals surface area contributed by atoms with Crippen LogP contribution in [0.15, 0.2) is 42.5 Å². The molecule has 1 saturated carbocycles.